The Morgan fingerprint density at radius 1 is 1.28 bits per heavy atom. The summed E-state index contributed by atoms with van der Waals surface area (Å²) in [4.78, 5) is 24.6. The summed E-state index contributed by atoms with van der Waals surface area (Å²) in [6.07, 6.45) is 1.02. The van der Waals surface area contributed by atoms with Crippen LogP contribution < -0.4 is 16.0 Å². The lowest BCUT2D eigenvalue weighted by Crippen LogP contribution is -2.48. The lowest BCUT2D eigenvalue weighted by atomic mass is 9.95. The fourth-order valence-electron chi connectivity index (χ4n) is 2.71. The van der Waals surface area contributed by atoms with Crippen LogP contribution in [0.25, 0.3) is 0 Å². The molecule has 1 atom stereocenters. The first-order chi connectivity index (χ1) is 12.0. The van der Waals surface area contributed by atoms with E-state index in [4.69, 9.17) is 4.74 Å². The quantitative estimate of drug-likeness (QED) is 0.500. The van der Waals surface area contributed by atoms with E-state index in [2.05, 4.69) is 29.8 Å². The number of carbonyl (C=O) groups is 2. The number of esters is 1. The minimum Gasteiger partial charge on any atom is -0.463 e. The normalized spacial score (nSPS) is 17.3. The number of ether oxygens (including phenoxy) is 1. The van der Waals surface area contributed by atoms with Crippen molar-refractivity contribution in [2.24, 2.45) is 5.92 Å². The van der Waals surface area contributed by atoms with Gasteiger partial charge < -0.3 is 20.7 Å². The molecule has 25 heavy (non-hydrogen) atoms. The largest absolute Gasteiger partial charge is 0.463 e. The van der Waals surface area contributed by atoms with Crippen LogP contribution >= 0.6 is 0 Å². The van der Waals surface area contributed by atoms with Gasteiger partial charge in [0.15, 0.2) is 0 Å². The van der Waals surface area contributed by atoms with Gasteiger partial charge in [-0.05, 0) is 31.4 Å². The van der Waals surface area contributed by atoms with Gasteiger partial charge in [-0.15, -0.1) is 0 Å². The van der Waals surface area contributed by atoms with E-state index in [-0.39, 0.29) is 12.6 Å². The molecule has 2 rings (SSSR count). The zero-order chi connectivity index (χ0) is 18.2. The molecule has 1 aromatic rings. The average Bonchev–Trinajstić information content (AvgIpc) is 2.59. The van der Waals surface area contributed by atoms with Crippen molar-refractivity contribution in [2.75, 3.05) is 19.7 Å². The highest BCUT2D eigenvalue weighted by Gasteiger charge is 2.33. The van der Waals surface area contributed by atoms with Crippen molar-refractivity contribution in [1.82, 2.24) is 16.0 Å². The molecule has 3 N–H and O–H groups in total. The number of nitrogens with one attached hydrogen (secondary N) is 3. The second-order valence-electron chi connectivity index (χ2n) is 6.41. The van der Waals surface area contributed by atoms with Crippen molar-refractivity contribution in [3.63, 3.8) is 0 Å². The fraction of sp³-hybridized carbons (Fsp3) is 0.474. The van der Waals surface area contributed by atoms with Gasteiger partial charge in [-0.25, -0.2) is 9.59 Å². The second-order valence-corrected chi connectivity index (χ2v) is 6.41. The molecular weight excluding hydrogens is 318 g/mol. The third-order valence-electron chi connectivity index (χ3n) is 3.98. The summed E-state index contributed by atoms with van der Waals surface area (Å²) in [7, 11) is 0. The molecule has 0 bridgehead atoms. The van der Waals surface area contributed by atoms with Crippen LogP contribution in [0, 0.1) is 5.92 Å². The lowest BCUT2D eigenvalue weighted by Gasteiger charge is -2.29. The van der Waals surface area contributed by atoms with E-state index in [9.17, 15) is 9.59 Å². The Balaban J connectivity index is 2.28. The molecule has 0 spiro atoms. The number of hydrogen-bond donors (Lipinski definition) is 3. The molecule has 0 fully saturated rings. The van der Waals surface area contributed by atoms with E-state index >= 15 is 0 Å². The van der Waals surface area contributed by atoms with Crippen molar-refractivity contribution >= 4 is 12.0 Å². The maximum Gasteiger partial charge on any atom is 0.338 e. The molecule has 1 unspecified atom stereocenters. The van der Waals surface area contributed by atoms with Gasteiger partial charge in [0, 0.05) is 12.2 Å². The number of urea groups is 1. The van der Waals surface area contributed by atoms with Crippen LogP contribution in [-0.2, 0) is 9.53 Å². The Labute approximate surface area is 149 Å². The summed E-state index contributed by atoms with van der Waals surface area (Å²) in [5.74, 6) is 0.176. The highest BCUT2D eigenvalue weighted by atomic mass is 16.5. The fourth-order valence-corrected chi connectivity index (χ4v) is 2.71. The predicted molar refractivity (Wildman–Crippen MR) is 96.8 cm³/mol. The molecule has 1 aromatic carbocycles. The number of benzene rings is 1. The van der Waals surface area contributed by atoms with Crippen LogP contribution in [-0.4, -0.2) is 31.7 Å². The first kappa shape index (κ1) is 19.0. The number of amides is 2. The molecule has 1 aliphatic rings. The smallest absolute Gasteiger partial charge is 0.338 e. The van der Waals surface area contributed by atoms with Gasteiger partial charge in [-0.1, -0.05) is 44.2 Å². The molecule has 6 heteroatoms. The van der Waals surface area contributed by atoms with Crippen LogP contribution in [0.1, 0.15) is 38.8 Å². The molecule has 0 saturated heterocycles. The maximum absolute atomic E-state index is 12.5. The van der Waals surface area contributed by atoms with E-state index in [1.807, 2.05) is 30.3 Å². The van der Waals surface area contributed by atoms with E-state index in [1.54, 1.807) is 6.92 Å². The van der Waals surface area contributed by atoms with Gasteiger partial charge in [0.2, 0.25) is 0 Å². The summed E-state index contributed by atoms with van der Waals surface area (Å²) in [6.45, 7) is 7.59. The highest BCUT2D eigenvalue weighted by molar-refractivity contribution is 5.95. The van der Waals surface area contributed by atoms with E-state index < -0.39 is 12.0 Å². The summed E-state index contributed by atoms with van der Waals surface area (Å²) in [5, 5.41) is 8.88. The standard InChI is InChI=1S/C19H27N3O3/c1-4-25-18(23)16-15(12-20-11-10-13(2)3)21-19(24)22-17(16)14-8-6-5-7-9-14/h5-9,13,17,20H,4,10-12H2,1-3H3,(H2,21,22,24). The van der Waals surface area contributed by atoms with Gasteiger partial charge in [-0.3, -0.25) is 0 Å². The third-order valence-corrected chi connectivity index (χ3v) is 3.98. The molecule has 136 valence electrons. The molecular formula is C19H27N3O3. The second kappa shape index (κ2) is 9.22. The van der Waals surface area contributed by atoms with Crippen LogP contribution in [0.15, 0.2) is 41.6 Å². The SMILES string of the molecule is CCOC(=O)C1=C(CNCCC(C)C)NC(=O)NC1c1ccccc1. The number of carbonyl (C=O) groups excluding carboxylic acids is 2. The Hall–Kier alpha value is -2.34. The van der Waals surface area contributed by atoms with Gasteiger partial charge in [-0.2, -0.15) is 0 Å². The van der Waals surface area contributed by atoms with E-state index in [1.165, 1.54) is 0 Å². The molecule has 0 radical (unpaired) electrons. The Morgan fingerprint density at radius 3 is 2.64 bits per heavy atom. The maximum atomic E-state index is 12.5. The topological polar surface area (TPSA) is 79.5 Å². The van der Waals surface area contributed by atoms with Crippen molar-refractivity contribution < 1.29 is 14.3 Å². The van der Waals surface area contributed by atoms with Crippen LogP contribution in [0.3, 0.4) is 0 Å². The van der Waals surface area contributed by atoms with Crippen LogP contribution in [0.5, 0.6) is 0 Å². The molecule has 0 saturated carbocycles. The molecule has 0 aliphatic carbocycles. The molecule has 6 nitrogen and oxygen atoms in total. The minimum absolute atomic E-state index is 0.284. The first-order valence-corrected chi connectivity index (χ1v) is 8.76. The molecule has 0 aromatic heterocycles. The molecule has 2 amide bonds. The van der Waals surface area contributed by atoms with E-state index in [0.717, 1.165) is 18.5 Å². The van der Waals surface area contributed by atoms with Crippen molar-refractivity contribution in [3.05, 3.63) is 47.2 Å². The molecule has 1 aliphatic heterocycles. The first-order valence-electron chi connectivity index (χ1n) is 8.76. The van der Waals surface area contributed by atoms with Gasteiger partial charge in [0.05, 0.1) is 18.2 Å². The predicted octanol–water partition coefficient (Wildman–Crippen LogP) is 2.49. The van der Waals surface area contributed by atoms with Crippen molar-refractivity contribution in [1.29, 1.82) is 0 Å². The summed E-state index contributed by atoms with van der Waals surface area (Å²) < 4.78 is 5.23. The van der Waals surface area contributed by atoms with E-state index in [0.29, 0.717) is 23.7 Å². The number of hydrogen-bond acceptors (Lipinski definition) is 4. The third kappa shape index (κ3) is 5.32. The summed E-state index contributed by atoms with van der Waals surface area (Å²) in [6, 6.07) is 8.60. The Kier molecular flexibility index (Phi) is 7.01. The Bertz CT molecular complexity index is 626. The number of rotatable bonds is 8. The monoisotopic (exact) mass is 345 g/mol. The van der Waals surface area contributed by atoms with Gasteiger partial charge in [0.25, 0.3) is 0 Å². The zero-order valence-electron chi connectivity index (χ0n) is 15.1. The van der Waals surface area contributed by atoms with Crippen LogP contribution in [0.4, 0.5) is 4.79 Å². The van der Waals surface area contributed by atoms with Crippen molar-refractivity contribution in [3.8, 4) is 0 Å². The summed E-state index contributed by atoms with van der Waals surface area (Å²) >= 11 is 0. The lowest BCUT2D eigenvalue weighted by molar-refractivity contribution is -0.139. The van der Waals surface area contributed by atoms with Gasteiger partial charge in [0.1, 0.15) is 0 Å². The average molecular weight is 345 g/mol. The van der Waals surface area contributed by atoms with Crippen molar-refractivity contribution in [2.45, 2.75) is 33.2 Å². The van der Waals surface area contributed by atoms with Gasteiger partial charge >= 0.3 is 12.0 Å². The minimum atomic E-state index is -0.518. The zero-order valence-corrected chi connectivity index (χ0v) is 15.1. The van der Waals surface area contributed by atoms with Crippen LogP contribution in [0.2, 0.25) is 0 Å². The Morgan fingerprint density at radius 2 is 2.00 bits per heavy atom. The highest BCUT2D eigenvalue weighted by Crippen LogP contribution is 2.27. The molecule has 1 heterocycles. The summed E-state index contributed by atoms with van der Waals surface area (Å²) in [5.41, 5.74) is 1.87.